The lowest BCUT2D eigenvalue weighted by atomic mass is 9.88. The van der Waals surface area contributed by atoms with Crippen molar-refractivity contribution in [1.29, 1.82) is 0 Å². The predicted molar refractivity (Wildman–Crippen MR) is 110 cm³/mol. The Morgan fingerprint density at radius 2 is 2.03 bits per heavy atom. The normalized spacial score (nSPS) is 13.6. The molecule has 4 nitrogen and oxygen atoms in total. The van der Waals surface area contributed by atoms with Crippen molar-refractivity contribution in [3.8, 4) is 16.2 Å². The predicted octanol–water partition coefficient (Wildman–Crippen LogP) is 6.03. The molecule has 1 aromatic carbocycles. The fourth-order valence-electron chi connectivity index (χ4n) is 2.94. The van der Waals surface area contributed by atoms with Crippen LogP contribution in [0.5, 0.6) is 5.75 Å². The molecular formula is C22H20F3NO3S. The molecule has 0 spiro atoms. The van der Waals surface area contributed by atoms with E-state index in [1.54, 1.807) is 35.9 Å². The van der Waals surface area contributed by atoms with Crippen LogP contribution in [-0.2, 0) is 9.53 Å². The highest BCUT2D eigenvalue weighted by Crippen LogP contribution is 2.37. The zero-order chi connectivity index (χ0) is 21.8. The molecular weight excluding hydrogens is 415 g/mol. The molecule has 0 saturated carbocycles. The van der Waals surface area contributed by atoms with Crippen LogP contribution >= 0.6 is 11.3 Å². The number of carbonyl (C=O) groups excluding carboxylic acids is 1. The molecule has 1 unspecified atom stereocenters. The van der Waals surface area contributed by atoms with Crippen LogP contribution in [0.2, 0.25) is 0 Å². The Kier molecular flexibility index (Phi) is 6.45. The maximum Gasteiger partial charge on any atom is 0.389 e. The molecule has 2 heterocycles. The minimum atomic E-state index is -4.42. The van der Waals surface area contributed by atoms with Crippen molar-refractivity contribution in [3.63, 3.8) is 0 Å². The first-order valence-electron chi connectivity index (χ1n) is 9.10. The summed E-state index contributed by atoms with van der Waals surface area (Å²) in [5.41, 5.74) is -0.440. The second-order valence-corrected chi connectivity index (χ2v) is 8.34. The Balaban J connectivity index is 1.75. The van der Waals surface area contributed by atoms with Crippen LogP contribution in [-0.4, -0.2) is 30.3 Å². The lowest BCUT2D eigenvalue weighted by Gasteiger charge is -2.29. The van der Waals surface area contributed by atoms with Gasteiger partial charge >= 0.3 is 12.1 Å². The van der Waals surface area contributed by atoms with E-state index in [0.29, 0.717) is 5.75 Å². The van der Waals surface area contributed by atoms with Crippen molar-refractivity contribution in [2.45, 2.75) is 19.5 Å². The Morgan fingerprint density at radius 1 is 1.23 bits per heavy atom. The third-order valence-electron chi connectivity index (χ3n) is 4.38. The number of nitrogens with zero attached hydrogens (tertiary/aromatic N) is 1. The number of fused-ring (bicyclic) bond motifs is 1. The fraction of sp³-hybridized carbons (Fsp3) is 0.273. The van der Waals surface area contributed by atoms with E-state index < -0.39 is 30.6 Å². The van der Waals surface area contributed by atoms with E-state index in [1.165, 1.54) is 6.92 Å². The summed E-state index contributed by atoms with van der Waals surface area (Å²) in [5.74, 6) is -0.322. The summed E-state index contributed by atoms with van der Waals surface area (Å²) in [6.07, 6.45) is -1.17. The number of esters is 1. The zero-order valence-corrected chi connectivity index (χ0v) is 17.1. The van der Waals surface area contributed by atoms with Gasteiger partial charge in [-0.05, 0) is 35.7 Å². The van der Waals surface area contributed by atoms with Gasteiger partial charge in [-0.3, -0.25) is 4.98 Å². The van der Waals surface area contributed by atoms with Crippen LogP contribution in [0.15, 0.2) is 61.4 Å². The van der Waals surface area contributed by atoms with E-state index in [4.69, 9.17) is 9.47 Å². The second-order valence-electron chi connectivity index (χ2n) is 7.26. The molecule has 0 radical (unpaired) electrons. The number of rotatable bonds is 8. The molecule has 2 aromatic heterocycles. The summed E-state index contributed by atoms with van der Waals surface area (Å²) in [6.45, 7) is 3.94. The quantitative estimate of drug-likeness (QED) is 0.320. The first-order valence-corrected chi connectivity index (χ1v) is 9.92. The van der Waals surface area contributed by atoms with E-state index in [1.807, 2.05) is 24.3 Å². The molecule has 1 atom stereocenters. The summed E-state index contributed by atoms with van der Waals surface area (Å²) in [7, 11) is 0. The van der Waals surface area contributed by atoms with Gasteiger partial charge in [0.05, 0.1) is 13.0 Å². The monoisotopic (exact) mass is 435 g/mol. The SMILES string of the molecule is C=CC(=O)OCC(C)(COc1ccc2cc(-c3cccnc3)sc2c1)CC(F)(F)F. The molecule has 0 amide bonds. The minimum Gasteiger partial charge on any atom is -0.493 e. The number of halogens is 3. The molecule has 8 heteroatoms. The maximum atomic E-state index is 13.0. The van der Waals surface area contributed by atoms with Crippen molar-refractivity contribution in [1.82, 2.24) is 4.98 Å². The van der Waals surface area contributed by atoms with Gasteiger partial charge in [0, 0.05) is 39.0 Å². The van der Waals surface area contributed by atoms with Gasteiger partial charge in [-0.25, -0.2) is 4.79 Å². The molecule has 0 saturated heterocycles. The van der Waals surface area contributed by atoms with E-state index >= 15 is 0 Å². The summed E-state index contributed by atoms with van der Waals surface area (Å²) >= 11 is 1.54. The average Bonchev–Trinajstić information content (AvgIpc) is 3.13. The Morgan fingerprint density at radius 3 is 2.70 bits per heavy atom. The smallest absolute Gasteiger partial charge is 0.389 e. The van der Waals surface area contributed by atoms with Crippen LogP contribution in [0, 0.1) is 5.41 Å². The number of pyridine rings is 1. The summed E-state index contributed by atoms with van der Waals surface area (Å²) in [4.78, 5) is 16.5. The average molecular weight is 435 g/mol. The zero-order valence-electron chi connectivity index (χ0n) is 16.2. The standard InChI is InChI=1S/C22H20F3NO3S/c1-3-20(27)29-14-21(2,12-22(23,24)25)13-28-17-7-6-15-9-18(30-19(15)10-17)16-5-4-8-26-11-16/h3-11H,1,12-14H2,2H3. The van der Waals surface area contributed by atoms with E-state index in [-0.39, 0.29) is 6.61 Å². The molecule has 3 rings (SSSR count). The molecule has 0 fully saturated rings. The molecule has 0 aliphatic rings. The number of thiophene rings is 1. The van der Waals surface area contributed by atoms with Crippen molar-refractivity contribution in [3.05, 3.63) is 61.4 Å². The van der Waals surface area contributed by atoms with E-state index in [0.717, 1.165) is 26.6 Å². The van der Waals surface area contributed by atoms with Gasteiger partial charge in [0.25, 0.3) is 0 Å². The van der Waals surface area contributed by atoms with Gasteiger partial charge in [-0.1, -0.05) is 19.6 Å². The number of aromatic nitrogens is 1. The van der Waals surface area contributed by atoms with Gasteiger partial charge < -0.3 is 9.47 Å². The summed E-state index contributed by atoms with van der Waals surface area (Å²) < 4.78 is 50.6. The Bertz CT molecular complexity index is 1030. The van der Waals surface area contributed by atoms with Gasteiger partial charge in [0.15, 0.2) is 0 Å². The molecule has 3 aromatic rings. The molecule has 0 bridgehead atoms. The highest BCUT2D eigenvalue weighted by Gasteiger charge is 2.41. The Labute approximate surface area is 176 Å². The van der Waals surface area contributed by atoms with Crippen LogP contribution < -0.4 is 4.74 Å². The number of ether oxygens (including phenoxy) is 2. The first-order chi connectivity index (χ1) is 14.2. The van der Waals surface area contributed by atoms with Crippen LogP contribution in [0.1, 0.15) is 13.3 Å². The third-order valence-corrected chi connectivity index (χ3v) is 5.53. The van der Waals surface area contributed by atoms with Crippen molar-refractivity contribution < 1.29 is 27.4 Å². The van der Waals surface area contributed by atoms with E-state index in [2.05, 4.69) is 11.6 Å². The number of hydrogen-bond donors (Lipinski definition) is 0. The third kappa shape index (κ3) is 5.82. The van der Waals surface area contributed by atoms with Crippen LogP contribution in [0.4, 0.5) is 13.2 Å². The minimum absolute atomic E-state index is 0.261. The lowest BCUT2D eigenvalue weighted by molar-refractivity contribution is -0.172. The number of alkyl halides is 3. The van der Waals surface area contributed by atoms with Gasteiger partial charge in [-0.2, -0.15) is 13.2 Å². The molecule has 30 heavy (non-hydrogen) atoms. The molecule has 0 aliphatic carbocycles. The second kappa shape index (κ2) is 8.87. The maximum absolute atomic E-state index is 13.0. The van der Waals surface area contributed by atoms with Gasteiger partial charge in [0.1, 0.15) is 12.4 Å². The van der Waals surface area contributed by atoms with Gasteiger partial charge in [-0.15, -0.1) is 11.3 Å². The highest BCUT2D eigenvalue weighted by atomic mass is 32.1. The number of benzene rings is 1. The van der Waals surface area contributed by atoms with Crippen molar-refractivity contribution in [2.75, 3.05) is 13.2 Å². The fourth-order valence-corrected chi connectivity index (χ4v) is 4.02. The topological polar surface area (TPSA) is 48.4 Å². The number of carbonyl (C=O) groups is 1. The first kappa shape index (κ1) is 21.8. The highest BCUT2D eigenvalue weighted by molar-refractivity contribution is 7.22. The van der Waals surface area contributed by atoms with Crippen LogP contribution in [0.25, 0.3) is 20.5 Å². The van der Waals surface area contributed by atoms with Crippen molar-refractivity contribution in [2.24, 2.45) is 5.41 Å². The van der Waals surface area contributed by atoms with E-state index in [9.17, 15) is 18.0 Å². The number of hydrogen-bond acceptors (Lipinski definition) is 5. The molecule has 158 valence electrons. The molecule has 0 aliphatic heterocycles. The van der Waals surface area contributed by atoms with Gasteiger partial charge in [0.2, 0.25) is 0 Å². The Hall–Kier alpha value is -2.87. The van der Waals surface area contributed by atoms with Crippen LogP contribution in [0.3, 0.4) is 0 Å². The molecule has 0 N–H and O–H groups in total. The largest absolute Gasteiger partial charge is 0.493 e. The lowest BCUT2D eigenvalue weighted by Crippen LogP contribution is -2.36. The summed E-state index contributed by atoms with van der Waals surface area (Å²) in [5, 5.41) is 1.00. The summed E-state index contributed by atoms with van der Waals surface area (Å²) in [6, 6.07) is 11.2. The van der Waals surface area contributed by atoms with Crippen molar-refractivity contribution >= 4 is 27.4 Å².